The normalized spacial score (nSPS) is 17.8. The van der Waals surface area contributed by atoms with Crippen LogP contribution in [-0.2, 0) is 0 Å². The highest BCUT2D eigenvalue weighted by Crippen LogP contribution is 2.36. The SMILES string of the molecule is C/C=C\c1c2c(n(C3=CC=C(C/C=C\C=C/CC)C=CC3)c1/C=C/C1=CC3C=C(C=C1)c1ccccc1N3)C=CCC=C2.CC.CC.CC/C=C\C=C(/C)C1=CN(C)CC=C1. The van der Waals surface area contributed by atoms with E-state index in [-0.39, 0.29) is 6.04 Å². The maximum absolute atomic E-state index is 3.68. The molecule has 0 fully saturated rings. The fraction of sp³-hybridized carbons (Fsp3) is 0.276. The maximum Gasteiger partial charge on any atom is 0.0646 e. The highest BCUT2D eigenvalue weighted by atomic mass is 15.1. The van der Waals surface area contributed by atoms with Gasteiger partial charge >= 0.3 is 0 Å². The van der Waals surface area contributed by atoms with Crippen LogP contribution in [0.3, 0.4) is 0 Å². The predicted molar refractivity (Wildman–Crippen MR) is 275 cm³/mol. The van der Waals surface area contributed by atoms with Crippen LogP contribution >= 0.6 is 0 Å². The molecule has 3 aliphatic carbocycles. The molecule has 1 aromatic carbocycles. The first-order valence-corrected chi connectivity index (χ1v) is 22.7. The zero-order chi connectivity index (χ0) is 43.8. The van der Waals surface area contributed by atoms with E-state index in [0.717, 1.165) is 38.6 Å². The van der Waals surface area contributed by atoms with E-state index in [1.807, 2.05) is 27.7 Å². The van der Waals surface area contributed by atoms with Crippen molar-refractivity contribution in [1.29, 1.82) is 0 Å². The van der Waals surface area contributed by atoms with Crippen molar-refractivity contribution < 1.29 is 0 Å². The van der Waals surface area contributed by atoms with Crippen molar-refractivity contribution in [2.75, 3.05) is 18.9 Å². The first-order chi connectivity index (χ1) is 30.0. The summed E-state index contributed by atoms with van der Waals surface area (Å²) in [6.45, 7) is 17.6. The van der Waals surface area contributed by atoms with Crippen molar-refractivity contribution in [3.8, 4) is 0 Å². The van der Waals surface area contributed by atoms with Crippen molar-refractivity contribution in [3.05, 3.63) is 208 Å². The summed E-state index contributed by atoms with van der Waals surface area (Å²) >= 11 is 0. The third-order valence-corrected chi connectivity index (χ3v) is 10.3. The number of benzene rings is 1. The molecule has 3 nitrogen and oxygen atoms in total. The molecule has 5 aliphatic rings. The molecule has 0 spiro atoms. The Kier molecular flexibility index (Phi) is 20.5. The third kappa shape index (κ3) is 13.7. The number of para-hydroxylation sites is 1. The predicted octanol–water partition coefficient (Wildman–Crippen LogP) is 16.3. The van der Waals surface area contributed by atoms with Gasteiger partial charge in [0.25, 0.3) is 0 Å². The molecule has 3 heteroatoms. The van der Waals surface area contributed by atoms with E-state index in [2.05, 4.69) is 232 Å². The van der Waals surface area contributed by atoms with Gasteiger partial charge in [0.05, 0.1) is 17.4 Å². The summed E-state index contributed by atoms with van der Waals surface area (Å²) in [6, 6.07) is 8.72. The van der Waals surface area contributed by atoms with E-state index < -0.39 is 0 Å². The number of rotatable bonds is 11. The largest absolute Gasteiger partial charge is 0.376 e. The topological polar surface area (TPSA) is 20.2 Å². The minimum Gasteiger partial charge on any atom is -0.376 e. The Morgan fingerprint density at radius 3 is 2.34 bits per heavy atom. The molecule has 1 unspecified atom stereocenters. The highest BCUT2D eigenvalue weighted by molar-refractivity contribution is 5.88. The second-order valence-electron chi connectivity index (χ2n) is 14.7. The van der Waals surface area contributed by atoms with Crippen molar-refractivity contribution in [1.82, 2.24) is 9.47 Å². The number of hydrogen-bond acceptors (Lipinski definition) is 2. The Morgan fingerprint density at radius 1 is 0.787 bits per heavy atom. The van der Waals surface area contributed by atoms with Gasteiger partial charge in [-0.05, 0) is 91.7 Å². The summed E-state index contributed by atoms with van der Waals surface area (Å²) < 4.78 is 2.46. The Balaban J connectivity index is 0.000000384. The second kappa shape index (κ2) is 26.2. The Morgan fingerprint density at radius 2 is 1.56 bits per heavy atom. The van der Waals surface area contributed by atoms with Gasteiger partial charge in [-0.15, -0.1) is 0 Å². The number of likely N-dealkylation sites (N-methyl/N-ethyl adjacent to an activating group) is 1. The van der Waals surface area contributed by atoms with Crippen LogP contribution in [0.4, 0.5) is 5.69 Å². The molecule has 2 bridgehead atoms. The lowest BCUT2D eigenvalue weighted by atomic mass is 9.98. The van der Waals surface area contributed by atoms with E-state index >= 15 is 0 Å². The molecule has 0 saturated heterocycles. The molecule has 0 amide bonds. The molecular weight excluding hydrogens is 739 g/mol. The molecule has 1 atom stereocenters. The summed E-state index contributed by atoms with van der Waals surface area (Å²) in [4.78, 5) is 2.19. The lowest BCUT2D eigenvalue weighted by molar-refractivity contribution is 0.501. The van der Waals surface area contributed by atoms with Crippen LogP contribution in [0.2, 0.25) is 0 Å². The lowest BCUT2D eigenvalue weighted by Gasteiger charge is -2.22. The number of fused-ring (bicyclic) bond motifs is 4. The summed E-state index contributed by atoms with van der Waals surface area (Å²) in [6.07, 6.45) is 63.0. The first-order valence-electron chi connectivity index (χ1n) is 22.7. The number of allylic oxidation sites excluding steroid dienone is 24. The van der Waals surface area contributed by atoms with Gasteiger partial charge in [-0.2, -0.15) is 0 Å². The molecule has 61 heavy (non-hydrogen) atoms. The fourth-order valence-corrected chi connectivity index (χ4v) is 7.40. The lowest BCUT2D eigenvalue weighted by Crippen LogP contribution is -2.18. The summed E-state index contributed by atoms with van der Waals surface area (Å²) in [7, 11) is 2.10. The van der Waals surface area contributed by atoms with Crippen LogP contribution in [0.1, 0.15) is 116 Å². The van der Waals surface area contributed by atoms with Gasteiger partial charge < -0.3 is 14.8 Å². The van der Waals surface area contributed by atoms with Crippen LogP contribution < -0.4 is 5.32 Å². The van der Waals surface area contributed by atoms with Gasteiger partial charge in [0, 0.05) is 54.3 Å². The fourth-order valence-electron chi connectivity index (χ4n) is 7.40. The Hall–Kier alpha value is -6.06. The zero-order valence-electron chi connectivity index (χ0n) is 38.5. The van der Waals surface area contributed by atoms with E-state index in [0.29, 0.717) is 0 Å². The van der Waals surface area contributed by atoms with Gasteiger partial charge in [0.2, 0.25) is 0 Å². The molecule has 1 N–H and O–H groups in total. The highest BCUT2D eigenvalue weighted by Gasteiger charge is 2.21. The maximum atomic E-state index is 3.68. The van der Waals surface area contributed by atoms with Crippen molar-refractivity contribution in [3.63, 3.8) is 0 Å². The molecule has 2 aliphatic heterocycles. The van der Waals surface area contributed by atoms with Crippen LogP contribution in [0.25, 0.3) is 35.6 Å². The number of hydrogen-bond donors (Lipinski definition) is 1. The molecular formula is C58H71N3. The summed E-state index contributed by atoms with van der Waals surface area (Å²) in [5.41, 5.74) is 15.1. The van der Waals surface area contributed by atoms with Crippen molar-refractivity contribution in [2.24, 2.45) is 0 Å². The second-order valence-corrected chi connectivity index (χ2v) is 14.7. The minimum absolute atomic E-state index is 0.161. The Bertz CT molecular complexity index is 2260. The quantitative estimate of drug-likeness (QED) is 0.228. The van der Waals surface area contributed by atoms with E-state index in [1.165, 1.54) is 67.3 Å². The summed E-state index contributed by atoms with van der Waals surface area (Å²) in [5.74, 6) is 0. The van der Waals surface area contributed by atoms with Crippen molar-refractivity contribution >= 4 is 41.3 Å². The average Bonchev–Trinajstić information content (AvgIpc) is 3.59. The number of aromatic nitrogens is 1. The number of nitrogens with zero attached hydrogens (tertiary/aromatic N) is 2. The monoisotopic (exact) mass is 810 g/mol. The van der Waals surface area contributed by atoms with Gasteiger partial charge in [-0.25, -0.2) is 0 Å². The van der Waals surface area contributed by atoms with Gasteiger partial charge in [0.1, 0.15) is 0 Å². The molecule has 318 valence electrons. The number of anilines is 1. The average molecular weight is 810 g/mol. The van der Waals surface area contributed by atoms with Crippen LogP contribution in [0.5, 0.6) is 0 Å². The van der Waals surface area contributed by atoms with E-state index in [1.54, 1.807) is 0 Å². The Labute approximate surface area is 370 Å². The number of nitrogens with one attached hydrogen (secondary N) is 1. The van der Waals surface area contributed by atoms with Gasteiger partial charge in [0.15, 0.2) is 0 Å². The molecule has 1 aromatic heterocycles. The third-order valence-electron chi connectivity index (χ3n) is 10.3. The standard InChI is InChI=1S/C41H40N2.C13H19N.2C2H6/c1-3-5-6-7-9-16-31-17-14-18-35(27-24-31)43-40-22-11-8-10-20-38(40)37(15-4-2)41(43)28-25-32-23-26-33-30-34(29-32)42-39-21-13-12-19-36(33)39;1-4-5-6-8-12(2)13-9-7-10-14(3)11-13;2*1-2/h4-7,9-15,17,19-30,34,42H,3,8,16,18H2,1-2H3;5-9,11H,4,10H2,1-3H3;2*1-2H3/b6-5-,9-7-,15-4-,28-25+;6-5-,12-8+;;. The van der Waals surface area contributed by atoms with Crippen LogP contribution in [0.15, 0.2) is 180 Å². The molecule has 0 saturated carbocycles. The molecule has 7 rings (SSSR count). The smallest absolute Gasteiger partial charge is 0.0646 e. The zero-order valence-corrected chi connectivity index (χ0v) is 38.5. The molecule has 2 aromatic rings. The minimum atomic E-state index is 0.161. The first kappa shape index (κ1) is 47.6. The van der Waals surface area contributed by atoms with Crippen LogP contribution in [0, 0.1) is 0 Å². The molecule has 0 radical (unpaired) electrons. The van der Waals surface area contributed by atoms with E-state index in [4.69, 9.17) is 0 Å². The van der Waals surface area contributed by atoms with Crippen molar-refractivity contribution in [2.45, 2.75) is 93.5 Å². The van der Waals surface area contributed by atoms with Crippen LogP contribution in [-0.4, -0.2) is 29.1 Å². The molecule has 3 heterocycles. The van der Waals surface area contributed by atoms with E-state index in [9.17, 15) is 0 Å². The summed E-state index contributed by atoms with van der Waals surface area (Å²) in [5, 5.41) is 3.68. The van der Waals surface area contributed by atoms with Gasteiger partial charge in [-0.1, -0.05) is 193 Å². The van der Waals surface area contributed by atoms with Gasteiger partial charge in [-0.3, -0.25) is 0 Å².